The standard InChI is InChI=1S/C19H27FN6S.C3H6O2/c1-24-11-19(12-24)3-2-15(9-19)25-4-6-26(7-5-25)16-8-14(20)10-23-17(16)18(22)27-13-21;1-2-5-3-4/h8,10,13,15,21-22H,2-7,9,11-12H2,1H3;3H,2H2,1H3. The van der Waals surface area contributed by atoms with E-state index in [2.05, 4.69) is 31.5 Å². The zero-order valence-electron chi connectivity index (χ0n) is 18.8. The Morgan fingerprint density at radius 1 is 1.38 bits per heavy atom. The number of carbonyl (C=O) groups is 1. The van der Waals surface area contributed by atoms with Gasteiger partial charge < -0.3 is 19.9 Å². The molecule has 3 heterocycles. The molecule has 4 rings (SSSR count). The molecule has 32 heavy (non-hydrogen) atoms. The summed E-state index contributed by atoms with van der Waals surface area (Å²) >= 11 is 0.997. The lowest BCUT2D eigenvalue weighted by atomic mass is 9.78. The maximum atomic E-state index is 13.8. The number of piperazine rings is 1. The maximum absolute atomic E-state index is 13.8. The lowest BCUT2D eigenvalue weighted by Gasteiger charge is -2.47. The summed E-state index contributed by atoms with van der Waals surface area (Å²) in [5.74, 6) is -0.379. The number of ether oxygens (including phenoxy) is 1. The van der Waals surface area contributed by atoms with Crippen molar-refractivity contribution in [2.45, 2.75) is 32.2 Å². The fraction of sp³-hybridized carbons (Fsp3) is 0.636. The van der Waals surface area contributed by atoms with Gasteiger partial charge in [0.25, 0.3) is 6.47 Å². The van der Waals surface area contributed by atoms with E-state index in [0.29, 0.717) is 35.9 Å². The second kappa shape index (κ2) is 11.2. The lowest BCUT2D eigenvalue weighted by Crippen LogP contribution is -2.54. The van der Waals surface area contributed by atoms with Crippen molar-refractivity contribution < 1.29 is 13.9 Å². The summed E-state index contributed by atoms with van der Waals surface area (Å²) in [6.45, 7) is 8.74. The highest BCUT2D eigenvalue weighted by atomic mass is 32.2. The summed E-state index contributed by atoms with van der Waals surface area (Å²) < 4.78 is 18.0. The number of hydrogen-bond acceptors (Lipinski definition) is 9. The summed E-state index contributed by atoms with van der Waals surface area (Å²) in [6, 6.07) is 2.16. The smallest absolute Gasteiger partial charge is 0.293 e. The molecule has 1 spiro atoms. The summed E-state index contributed by atoms with van der Waals surface area (Å²) in [4.78, 5) is 20.5. The van der Waals surface area contributed by atoms with Crippen LogP contribution in [0.5, 0.6) is 0 Å². The summed E-state index contributed by atoms with van der Waals surface area (Å²) in [5, 5.41) is 15.5. The van der Waals surface area contributed by atoms with Gasteiger partial charge in [-0.05, 0) is 38.6 Å². The first-order valence-electron chi connectivity index (χ1n) is 11.0. The van der Waals surface area contributed by atoms with Crippen molar-refractivity contribution >= 4 is 34.5 Å². The van der Waals surface area contributed by atoms with Crippen molar-refractivity contribution in [3.63, 3.8) is 0 Å². The fourth-order valence-electron chi connectivity index (χ4n) is 5.23. The summed E-state index contributed by atoms with van der Waals surface area (Å²) in [5.41, 5.74) is 2.83. The second-order valence-corrected chi connectivity index (χ2v) is 9.61. The fourth-order valence-corrected chi connectivity index (χ4v) is 5.62. The Bertz CT molecular complexity index is 812. The number of hydrogen-bond donors (Lipinski definition) is 2. The van der Waals surface area contributed by atoms with Gasteiger partial charge in [-0.2, -0.15) is 0 Å². The number of halogens is 1. The largest absolute Gasteiger partial charge is 0.468 e. The van der Waals surface area contributed by atoms with Gasteiger partial charge in [0.15, 0.2) is 0 Å². The predicted octanol–water partition coefficient (Wildman–Crippen LogP) is 2.67. The number of nitrogens with one attached hydrogen (secondary N) is 2. The quantitative estimate of drug-likeness (QED) is 0.380. The van der Waals surface area contributed by atoms with Crippen molar-refractivity contribution in [3.8, 4) is 0 Å². The minimum Gasteiger partial charge on any atom is -0.468 e. The number of carbonyl (C=O) groups excluding carboxylic acids is 1. The van der Waals surface area contributed by atoms with E-state index in [1.807, 2.05) is 0 Å². The van der Waals surface area contributed by atoms with E-state index in [4.69, 9.17) is 10.8 Å². The van der Waals surface area contributed by atoms with Crippen molar-refractivity contribution in [2.75, 3.05) is 57.8 Å². The van der Waals surface area contributed by atoms with Crippen LogP contribution in [0, 0.1) is 22.1 Å². The minimum absolute atomic E-state index is 0.189. The van der Waals surface area contributed by atoms with Crippen molar-refractivity contribution in [1.29, 1.82) is 10.8 Å². The van der Waals surface area contributed by atoms with Gasteiger partial charge in [0, 0.05) is 51.4 Å². The molecule has 3 aliphatic rings. The first kappa shape index (κ1) is 24.6. The molecule has 176 valence electrons. The average Bonchev–Trinajstić information content (AvgIpc) is 3.20. The highest BCUT2D eigenvalue weighted by Crippen LogP contribution is 2.46. The molecule has 10 heteroatoms. The predicted molar refractivity (Wildman–Crippen MR) is 126 cm³/mol. The van der Waals surface area contributed by atoms with Gasteiger partial charge in [0.1, 0.15) is 16.6 Å². The summed E-state index contributed by atoms with van der Waals surface area (Å²) in [6.07, 6.45) is 5.10. The number of aromatic nitrogens is 1. The van der Waals surface area contributed by atoms with Gasteiger partial charge in [-0.15, -0.1) is 0 Å². The van der Waals surface area contributed by atoms with Crippen LogP contribution >= 0.6 is 11.8 Å². The van der Waals surface area contributed by atoms with Crippen LogP contribution in [-0.2, 0) is 9.53 Å². The Labute approximate surface area is 193 Å². The number of rotatable bonds is 6. The lowest BCUT2D eigenvalue weighted by molar-refractivity contribution is -0.128. The molecule has 3 fully saturated rings. The third-order valence-corrected chi connectivity index (χ3v) is 7.07. The number of likely N-dealkylation sites (tertiary alicyclic amines) is 1. The monoisotopic (exact) mass is 464 g/mol. The number of anilines is 1. The van der Waals surface area contributed by atoms with E-state index in [1.165, 1.54) is 38.4 Å². The van der Waals surface area contributed by atoms with Gasteiger partial charge in [0.05, 0.1) is 24.0 Å². The maximum Gasteiger partial charge on any atom is 0.293 e. The molecular weight excluding hydrogens is 431 g/mol. The zero-order chi connectivity index (χ0) is 23.1. The van der Waals surface area contributed by atoms with Crippen LogP contribution in [0.2, 0.25) is 0 Å². The topological polar surface area (TPSA) is 96.6 Å². The van der Waals surface area contributed by atoms with Gasteiger partial charge in [0.2, 0.25) is 0 Å². The molecule has 2 saturated heterocycles. The molecule has 1 atom stereocenters. The van der Waals surface area contributed by atoms with Crippen molar-refractivity contribution in [3.05, 3.63) is 23.8 Å². The molecule has 0 bridgehead atoms. The Hall–Kier alpha value is -2.04. The molecular formula is C22H33FN6O2S. The highest BCUT2D eigenvalue weighted by molar-refractivity contribution is 8.25. The molecule has 1 aromatic rings. The van der Waals surface area contributed by atoms with E-state index in [0.717, 1.165) is 49.7 Å². The van der Waals surface area contributed by atoms with E-state index in [1.54, 1.807) is 6.92 Å². The van der Waals surface area contributed by atoms with Crippen LogP contribution in [0.25, 0.3) is 0 Å². The molecule has 1 unspecified atom stereocenters. The van der Waals surface area contributed by atoms with E-state index >= 15 is 0 Å². The zero-order valence-corrected chi connectivity index (χ0v) is 19.7. The number of pyridine rings is 1. The third kappa shape index (κ3) is 5.85. The highest BCUT2D eigenvalue weighted by Gasteiger charge is 2.48. The van der Waals surface area contributed by atoms with Crippen LogP contribution in [0.4, 0.5) is 10.1 Å². The van der Waals surface area contributed by atoms with Crippen LogP contribution in [0.1, 0.15) is 31.9 Å². The molecule has 0 radical (unpaired) electrons. The van der Waals surface area contributed by atoms with Gasteiger partial charge >= 0.3 is 0 Å². The van der Waals surface area contributed by atoms with Gasteiger partial charge in [-0.25, -0.2) is 9.37 Å². The van der Waals surface area contributed by atoms with Crippen LogP contribution in [-0.4, -0.2) is 90.8 Å². The van der Waals surface area contributed by atoms with Gasteiger partial charge in [-0.3, -0.25) is 15.1 Å². The van der Waals surface area contributed by atoms with Gasteiger partial charge in [-0.1, -0.05) is 11.8 Å². The van der Waals surface area contributed by atoms with Crippen LogP contribution in [0.3, 0.4) is 0 Å². The molecule has 2 aliphatic heterocycles. The Kier molecular flexibility index (Phi) is 8.61. The molecule has 8 nitrogen and oxygen atoms in total. The molecule has 0 amide bonds. The Morgan fingerprint density at radius 3 is 2.66 bits per heavy atom. The first-order valence-corrected chi connectivity index (χ1v) is 11.9. The SMILES string of the molecule is CCOC=O.CN1CC2(CCC(N3CCN(c4cc(F)cnc4C(=N)SC=N)CC3)C2)C1. The average molecular weight is 465 g/mol. The number of thioether (sulfide) groups is 1. The second-order valence-electron chi connectivity index (χ2n) is 8.73. The molecule has 1 saturated carbocycles. The molecule has 2 N–H and O–H groups in total. The first-order chi connectivity index (χ1) is 15.4. The van der Waals surface area contributed by atoms with E-state index in [9.17, 15) is 9.18 Å². The van der Waals surface area contributed by atoms with E-state index < -0.39 is 0 Å². The minimum atomic E-state index is -0.379. The Morgan fingerprint density at radius 2 is 2.09 bits per heavy atom. The van der Waals surface area contributed by atoms with Crippen LogP contribution < -0.4 is 4.90 Å². The Balaban J connectivity index is 0.000000523. The number of nitrogens with zero attached hydrogens (tertiary/aromatic N) is 4. The van der Waals surface area contributed by atoms with Crippen molar-refractivity contribution in [2.24, 2.45) is 5.41 Å². The molecule has 1 aromatic heterocycles. The summed E-state index contributed by atoms with van der Waals surface area (Å²) in [7, 11) is 2.20. The molecule has 1 aliphatic carbocycles. The van der Waals surface area contributed by atoms with Crippen LogP contribution in [0.15, 0.2) is 12.3 Å². The van der Waals surface area contributed by atoms with E-state index in [-0.39, 0.29) is 10.9 Å². The third-order valence-electron chi connectivity index (χ3n) is 6.52. The van der Waals surface area contributed by atoms with Crippen molar-refractivity contribution in [1.82, 2.24) is 14.8 Å². The normalized spacial score (nSPS) is 22.6. The molecule has 0 aromatic carbocycles.